The van der Waals surface area contributed by atoms with E-state index in [4.69, 9.17) is 4.55 Å². The van der Waals surface area contributed by atoms with E-state index in [1.165, 1.54) is 24.3 Å². The normalized spacial score (nSPS) is 11.2. The van der Waals surface area contributed by atoms with E-state index in [2.05, 4.69) is 10.2 Å². The average molecular weight is 329 g/mol. The van der Waals surface area contributed by atoms with Crippen molar-refractivity contribution in [1.82, 2.24) is 0 Å². The van der Waals surface area contributed by atoms with Crippen LogP contribution in [0.3, 0.4) is 0 Å². The summed E-state index contributed by atoms with van der Waals surface area (Å²) in [6.45, 7) is 0. The number of azo groups is 1. The van der Waals surface area contributed by atoms with Crippen LogP contribution in [0, 0.1) is 0 Å². The fourth-order valence-corrected chi connectivity index (χ4v) is 2.10. The predicted octanol–water partition coefficient (Wildman–Crippen LogP) is 0.531. The Balaban J connectivity index is 0.00000242. The quantitative estimate of drug-likeness (QED) is 0.504. The number of rotatable bonds is 4. The minimum Gasteiger partial charge on any atom is -1.00 e. The Bertz CT molecular complexity index is 748. The van der Waals surface area contributed by atoms with Crippen molar-refractivity contribution in [3.05, 3.63) is 48.5 Å². The molecule has 8 heteroatoms. The van der Waals surface area contributed by atoms with Crippen LogP contribution >= 0.6 is 0 Å². The summed E-state index contributed by atoms with van der Waals surface area (Å²) in [6, 6.07) is 13.0. The Kier molecular flexibility index (Phi) is 6.70. The van der Waals surface area contributed by atoms with Gasteiger partial charge >= 0.3 is 29.6 Å². The fourth-order valence-electron chi connectivity index (χ4n) is 1.62. The molecule has 0 aliphatic heterocycles. The first-order chi connectivity index (χ1) is 9.86. The minimum atomic E-state index is -4.18. The van der Waals surface area contributed by atoms with Crippen molar-refractivity contribution in [3.63, 3.8) is 0 Å². The van der Waals surface area contributed by atoms with Gasteiger partial charge in [0.2, 0.25) is 0 Å². The fraction of sp³-hybridized carbons (Fsp3) is 0.143. The van der Waals surface area contributed by atoms with Crippen LogP contribution in [0.4, 0.5) is 17.1 Å². The molecular weight excluding hydrogens is 313 g/mol. The molecule has 6 nitrogen and oxygen atoms in total. The van der Waals surface area contributed by atoms with Gasteiger partial charge in [0.1, 0.15) is 0 Å². The zero-order valence-electron chi connectivity index (χ0n) is 13.6. The first-order valence-electron chi connectivity index (χ1n) is 6.13. The molecule has 0 spiro atoms. The van der Waals surface area contributed by atoms with Gasteiger partial charge in [0.15, 0.2) is 0 Å². The van der Waals surface area contributed by atoms with Crippen LogP contribution in [-0.2, 0) is 10.1 Å². The van der Waals surface area contributed by atoms with E-state index < -0.39 is 10.1 Å². The number of benzene rings is 2. The molecule has 0 radical (unpaired) electrons. The predicted molar refractivity (Wildman–Crippen MR) is 82.3 cm³/mol. The second kappa shape index (κ2) is 7.85. The van der Waals surface area contributed by atoms with Crippen molar-refractivity contribution in [2.24, 2.45) is 10.2 Å². The molecule has 22 heavy (non-hydrogen) atoms. The van der Waals surface area contributed by atoms with Gasteiger partial charge in [0.25, 0.3) is 10.1 Å². The largest absolute Gasteiger partial charge is 1.00 e. The van der Waals surface area contributed by atoms with Crippen LogP contribution in [0.25, 0.3) is 0 Å². The third-order valence-electron chi connectivity index (χ3n) is 2.78. The molecule has 1 N–H and O–H groups in total. The van der Waals surface area contributed by atoms with Crippen molar-refractivity contribution in [1.29, 1.82) is 0 Å². The number of hydrogen-bond donors (Lipinski definition) is 1. The third-order valence-corrected chi connectivity index (χ3v) is 3.65. The molecule has 0 fully saturated rings. The van der Waals surface area contributed by atoms with Gasteiger partial charge in [0, 0.05) is 19.8 Å². The minimum absolute atomic E-state index is 0. The molecule has 0 aromatic heterocycles. The number of nitrogens with zero attached hydrogens (tertiary/aromatic N) is 3. The molecule has 112 valence electrons. The van der Waals surface area contributed by atoms with Gasteiger partial charge in [-0.25, -0.2) is 0 Å². The van der Waals surface area contributed by atoms with E-state index in [-0.39, 0.29) is 35.9 Å². The van der Waals surface area contributed by atoms with Gasteiger partial charge in [-0.05, 0) is 48.5 Å². The summed E-state index contributed by atoms with van der Waals surface area (Å²) in [5, 5.41) is 8.07. The molecule has 0 saturated carbocycles. The van der Waals surface area contributed by atoms with E-state index >= 15 is 0 Å². The van der Waals surface area contributed by atoms with Crippen LogP contribution in [0.15, 0.2) is 63.7 Å². The molecule has 0 heterocycles. The molecule has 0 atom stereocenters. The van der Waals surface area contributed by atoms with Gasteiger partial charge in [-0.1, -0.05) is 0 Å². The summed E-state index contributed by atoms with van der Waals surface area (Å²) in [5.74, 6) is 0. The first-order valence-corrected chi connectivity index (χ1v) is 7.57. The van der Waals surface area contributed by atoms with Crippen molar-refractivity contribution in [2.45, 2.75) is 4.90 Å². The van der Waals surface area contributed by atoms with Crippen LogP contribution < -0.4 is 34.5 Å². The Hall–Kier alpha value is -1.25. The van der Waals surface area contributed by atoms with Crippen LogP contribution in [0.2, 0.25) is 0 Å². The summed E-state index contributed by atoms with van der Waals surface area (Å²) >= 11 is 0. The monoisotopic (exact) mass is 329 g/mol. The van der Waals surface area contributed by atoms with Crippen molar-refractivity contribution in [2.75, 3.05) is 19.0 Å². The van der Waals surface area contributed by atoms with Gasteiger partial charge in [-0.2, -0.15) is 18.6 Å². The Morgan fingerprint density at radius 2 is 1.32 bits per heavy atom. The van der Waals surface area contributed by atoms with Crippen molar-refractivity contribution < 1.29 is 44.0 Å². The van der Waals surface area contributed by atoms with Gasteiger partial charge in [0.05, 0.1) is 16.3 Å². The van der Waals surface area contributed by atoms with Gasteiger partial charge in [-0.15, -0.1) is 0 Å². The molecule has 0 saturated heterocycles. The molecule has 0 aliphatic rings. The van der Waals surface area contributed by atoms with E-state index in [9.17, 15) is 8.42 Å². The maximum atomic E-state index is 10.9. The van der Waals surface area contributed by atoms with Crippen molar-refractivity contribution in [3.8, 4) is 0 Å². The van der Waals surface area contributed by atoms with E-state index in [0.717, 1.165) is 5.69 Å². The topological polar surface area (TPSA) is 82.3 Å². The van der Waals surface area contributed by atoms with E-state index in [1.807, 2.05) is 43.3 Å². The summed E-state index contributed by atoms with van der Waals surface area (Å²) in [6.07, 6.45) is 0. The molecule has 0 aliphatic carbocycles. The zero-order valence-corrected chi connectivity index (χ0v) is 15.4. The molecule has 2 rings (SSSR count). The number of hydrogen-bond acceptors (Lipinski definition) is 5. The molecule has 0 amide bonds. The van der Waals surface area contributed by atoms with E-state index in [1.54, 1.807) is 0 Å². The summed E-state index contributed by atoms with van der Waals surface area (Å²) in [4.78, 5) is 1.81. The summed E-state index contributed by atoms with van der Waals surface area (Å²) < 4.78 is 30.7. The average Bonchev–Trinajstić information content (AvgIpc) is 2.45. The van der Waals surface area contributed by atoms with Crippen LogP contribution in [-0.4, -0.2) is 27.1 Å². The Morgan fingerprint density at radius 1 is 0.909 bits per heavy atom. The van der Waals surface area contributed by atoms with Gasteiger partial charge in [-0.3, -0.25) is 4.55 Å². The Labute approximate surface area is 153 Å². The molecule has 2 aromatic rings. The molecule has 2 aromatic carbocycles. The maximum Gasteiger partial charge on any atom is 1.00 e. The Morgan fingerprint density at radius 3 is 1.68 bits per heavy atom. The van der Waals surface area contributed by atoms with Crippen LogP contribution in [0.5, 0.6) is 0 Å². The maximum absolute atomic E-state index is 10.9. The second-order valence-corrected chi connectivity index (χ2v) is 6.00. The summed E-state index contributed by atoms with van der Waals surface area (Å²) in [7, 11) is -0.273. The van der Waals surface area contributed by atoms with Crippen molar-refractivity contribution >= 4 is 27.2 Å². The standard InChI is InChI=1S/C14H15N3O3S.Na.H/c1-17(2)13-7-3-11(4-8-13)15-16-12-5-9-14(10-6-12)21(18,19)20;;/h3-10H,1-2H3,(H,18,19,20);;/q;+1;-1. The first kappa shape index (κ1) is 18.8. The SMILES string of the molecule is CN(C)c1ccc(N=Nc2ccc(S(=O)(=O)O)cc2)cc1.[H-].[Na+]. The molecule has 0 bridgehead atoms. The molecular formula is C14H16N3NaO3S. The summed E-state index contributed by atoms with van der Waals surface area (Å²) in [5.41, 5.74) is 2.25. The zero-order chi connectivity index (χ0) is 15.5. The second-order valence-electron chi connectivity index (χ2n) is 4.58. The smallest absolute Gasteiger partial charge is 1.00 e. The third kappa shape index (κ3) is 5.19. The van der Waals surface area contributed by atoms with E-state index in [0.29, 0.717) is 11.4 Å². The number of anilines is 1. The molecule has 0 unspecified atom stereocenters. The van der Waals surface area contributed by atoms with Gasteiger partial charge < -0.3 is 6.33 Å². The van der Waals surface area contributed by atoms with Crippen LogP contribution in [0.1, 0.15) is 1.43 Å².